The zero-order chi connectivity index (χ0) is 20.8. The summed E-state index contributed by atoms with van der Waals surface area (Å²) in [5, 5.41) is 11.4. The number of methoxy groups -OCH3 is 1. The first-order valence-corrected chi connectivity index (χ1v) is 9.85. The number of aromatic nitrogens is 3. The first-order chi connectivity index (χ1) is 14.0. The summed E-state index contributed by atoms with van der Waals surface area (Å²) in [5.41, 5.74) is 0.425. The second-order valence-corrected chi connectivity index (χ2v) is 7.24. The monoisotopic (exact) mass is 436 g/mol. The molecule has 0 aliphatic rings. The molecule has 3 aromatic rings. The molecule has 1 amide bonds. The van der Waals surface area contributed by atoms with E-state index in [1.165, 1.54) is 30.0 Å². The molecule has 0 saturated carbocycles. The Morgan fingerprint density at radius 3 is 2.62 bits per heavy atom. The molecule has 0 saturated heterocycles. The van der Waals surface area contributed by atoms with Gasteiger partial charge in [0.25, 0.3) is 0 Å². The van der Waals surface area contributed by atoms with Gasteiger partial charge < -0.3 is 19.4 Å². The lowest BCUT2D eigenvalue weighted by Crippen LogP contribution is -2.14. The van der Waals surface area contributed by atoms with Gasteiger partial charge >= 0.3 is 0 Å². The van der Waals surface area contributed by atoms with E-state index in [-0.39, 0.29) is 23.3 Å². The molecule has 1 aromatic heterocycles. The van der Waals surface area contributed by atoms with Gasteiger partial charge in [-0.15, -0.1) is 10.2 Å². The number of amides is 1. The molecule has 0 radical (unpaired) electrons. The number of anilines is 1. The molecule has 152 valence electrons. The van der Waals surface area contributed by atoms with Crippen molar-refractivity contribution in [3.63, 3.8) is 0 Å². The van der Waals surface area contributed by atoms with E-state index in [9.17, 15) is 9.18 Å². The van der Waals surface area contributed by atoms with E-state index in [1.54, 1.807) is 43.0 Å². The highest BCUT2D eigenvalue weighted by Crippen LogP contribution is 2.21. The van der Waals surface area contributed by atoms with E-state index < -0.39 is 5.82 Å². The Hall–Kier alpha value is -2.78. The minimum Gasteiger partial charge on any atom is -0.497 e. The van der Waals surface area contributed by atoms with Crippen molar-refractivity contribution in [2.75, 3.05) is 18.2 Å². The molecule has 10 heteroatoms. The smallest absolute Gasteiger partial charge is 0.234 e. The number of ether oxygens (including phenoxy) is 2. The van der Waals surface area contributed by atoms with Gasteiger partial charge in [0, 0.05) is 12.7 Å². The molecule has 0 unspecified atom stereocenters. The molecular weight excluding hydrogens is 419 g/mol. The van der Waals surface area contributed by atoms with Crippen LogP contribution in [0.15, 0.2) is 47.6 Å². The summed E-state index contributed by atoms with van der Waals surface area (Å²) in [6.07, 6.45) is 0. The molecule has 2 aromatic carbocycles. The number of halogens is 2. The Morgan fingerprint density at radius 2 is 1.93 bits per heavy atom. The topological polar surface area (TPSA) is 78.3 Å². The van der Waals surface area contributed by atoms with Crippen LogP contribution in [0.2, 0.25) is 5.02 Å². The molecular formula is C19H18ClFN4O3S. The molecule has 1 heterocycles. The maximum absolute atomic E-state index is 13.2. The van der Waals surface area contributed by atoms with Crippen LogP contribution < -0.4 is 14.8 Å². The average molecular weight is 437 g/mol. The number of nitrogens with zero attached hydrogens (tertiary/aromatic N) is 3. The van der Waals surface area contributed by atoms with Crippen molar-refractivity contribution in [3.05, 3.63) is 59.1 Å². The summed E-state index contributed by atoms with van der Waals surface area (Å²) in [6.45, 7) is 0.233. The Morgan fingerprint density at radius 1 is 1.21 bits per heavy atom. The fourth-order valence-corrected chi connectivity index (χ4v) is 3.23. The normalized spacial score (nSPS) is 10.6. The average Bonchev–Trinajstić information content (AvgIpc) is 3.07. The predicted octanol–water partition coefficient (Wildman–Crippen LogP) is 3.93. The zero-order valence-corrected chi connectivity index (χ0v) is 17.3. The van der Waals surface area contributed by atoms with E-state index in [4.69, 9.17) is 21.1 Å². The number of nitrogens with one attached hydrogen (secondary N) is 1. The van der Waals surface area contributed by atoms with Crippen molar-refractivity contribution < 1.29 is 18.7 Å². The third-order valence-electron chi connectivity index (χ3n) is 3.89. The molecule has 0 spiro atoms. The van der Waals surface area contributed by atoms with Gasteiger partial charge in [0.2, 0.25) is 5.91 Å². The molecule has 0 bridgehead atoms. The lowest BCUT2D eigenvalue weighted by atomic mass is 10.3. The highest BCUT2D eigenvalue weighted by molar-refractivity contribution is 7.99. The summed E-state index contributed by atoms with van der Waals surface area (Å²) in [7, 11) is 3.40. The van der Waals surface area contributed by atoms with Gasteiger partial charge in [-0.2, -0.15) is 0 Å². The summed E-state index contributed by atoms with van der Waals surface area (Å²) in [4.78, 5) is 12.1. The standard InChI is InChI=1S/C19H18ClFN4O3S/c1-25-17(10-28-14-6-4-13(27-2)5-7-14)23-24-19(25)29-11-18(26)22-12-3-8-16(21)15(20)9-12/h3-9H,10-11H2,1-2H3,(H,22,26). The summed E-state index contributed by atoms with van der Waals surface area (Å²) >= 11 is 6.94. The van der Waals surface area contributed by atoms with Gasteiger partial charge in [-0.05, 0) is 42.5 Å². The molecule has 3 rings (SSSR count). The second-order valence-electron chi connectivity index (χ2n) is 5.89. The van der Waals surface area contributed by atoms with Gasteiger partial charge in [0.15, 0.2) is 11.0 Å². The Bertz CT molecular complexity index is 998. The Kier molecular flexibility index (Phi) is 6.95. The molecule has 0 fully saturated rings. The van der Waals surface area contributed by atoms with Crippen LogP contribution in [0.4, 0.5) is 10.1 Å². The number of carbonyl (C=O) groups excluding carboxylic acids is 1. The lowest BCUT2D eigenvalue weighted by Gasteiger charge is -2.08. The van der Waals surface area contributed by atoms with Crippen LogP contribution in [0.5, 0.6) is 11.5 Å². The molecule has 0 aliphatic heterocycles. The quantitative estimate of drug-likeness (QED) is 0.539. The molecule has 1 N–H and O–H groups in total. The first-order valence-electron chi connectivity index (χ1n) is 8.49. The van der Waals surface area contributed by atoms with Crippen LogP contribution in [0, 0.1) is 5.82 Å². The molecule has 0 aliphatic carbocycles. The van der Waals surface area contributed by atoms with E-state index in [2.05, 4.69) is 15.5 Å². The minimum absolute atomic E-state index is 0.0507. The van der Waals surface area contributed by atoms with Crippen LogP contribution in [-0.2, 0) is 18.4 Å². The van der Waals surface area contributed by atoms with Crippen molar-refractivity contribution >= 4 is 35.0 Å². The number of rotatable bonds is 8. The van der Waals surface area contributed by atoms with E-state index in [0.717, 1.165) is 5.75 Å². The largest absolute Gasteiger partial charge is 0.497 e. The number of carbonyl (C=O) groups is 1. The van der Waals surface area contributed by atoms with Crippen molar-refractivity contribution in [2.24, 2.45) is 7.05 Å². The van der Waals surface area contributed by atoms with Crippen molar-refractivity contribution in [1.29, 1.82) is 0 Å². The number of benzene rings is 2. The number of thioether (sulfide) groups is 1. The SMILES string of the molecule is COc1ccc(OCc2nnc(SCC(=O)Nc3ccc(F)c(Cl)c3)n2C)cc1. The van der Waals surface area contributed by atoms with Crippen molar-refractivity contribution in [2.45, 2.75) is 11.8 Å². The summed E-state index contributed by atoms with van der Waals surface area (Å²) in [6, 6.07) is 11.2. The van der Waals surface area contributed by atoms with Gasteiger partial charge in [-0.25, -0.2) is 4.39 Å². The maximum atomic E-state index is 13.2. The lowest BCUT2D eigenvalue weighted by molar-refractivity contribution is -0.113. The van der Waals surface area contributed by atoms with Gasteiger partial charge in [0.1, 0.15) is 23.9 Å². The molecule has 7 nitrogen and oxygen atoms in total. The summed E-state index contributed by atoms with van der Waals surface area (Å²) in [5.74, 6) is 1.35. The molecule has 0 atom stereocenters. The minimum atomic E-state index is -0.539. The fourth-order valence-electron chi connectivity index (χ4n) is 2.32. The predicted molar refractivity (Wildman–Crippen MR) is 109 cm³/mol. The van der Waals surface area contributed by atoms with E-state index in [0.29, 0.717) is 22.4 Å². The number of hydrogen-bond donors (Lipinski definition) is 1. The van der Waals surface area contributed by atoms with E-state index in [1.807, 2.05) is 0 Å². The van der Waals surface area contributed by atoms with Crippen LogP contribution in [0.1, 0.15) is 5.82 Å². The number of hydrogen-bond acceptors (Lipinski definition) is 6. The Labute approximate surface area is 176 Å². The van der Waals surface area contributed by atoms with E-state index >= 15 is 0 Å². The third-order valence-corrected chi connectivity index (χ3v) is 5.20. The van der Waals surface area contributed by atoms with Crippen LogP contribution in [0.3, 0.4) is 0 Å². The fraction of sp³-hybridized carbons (Fsp3) is 0.211. The zero-order valence-electron chi connectivity index (χ0n) is 15.7. The van der Waals surface area contributed by atoms with Gasteiger partial charge in [-0.1, -0.05) is 23.4 Å². The van der Waals surface area contributed by atoms with Crippen molar-refractivity contribution in [1.82, 2.24) is 14.8 Å². The first kappa shape index (κ1) is 20.9. The van der Waals surface area contributed by atoms with Crippen LogP contribution in [0.25, 0.3) is 0 Å². The highest BCUT2D eigenvalue weighted by atomic mass is 35.5. The van der Waals surface area contributed by atoms with Gasteiger partial charge in [-0.3, -0.25) is 4.79 Å². The van der Waals surface area contributed by atoms with Crippen LogP contribution in [-0.4, -0.2) is 33.5 Å². The summed E-state index contributed by atoms with van der Waals surface area (Å²) < 4.78 is 25.7. The van der Waals surface area contributed by atoms with Gasteiger partial charge in [0.05, 0.1) is 17.9 Å². The van der Waals surface area contributed by atoms with Crippen molar-refractivity contribution in [3.8, 4) is 11.5 Å². The Balaban J connectivity index is 1.52. The highest BCUT2D eigenvalue weighted by Gasteiger charge is 2.13. The second kappa shape index (κ2) is 9.62. The third kappa shape index (κ3) is 5.61. The maximum Gasteiger partial charge on any atom is 0.234 e. The molecule has 29 heavy (non-hydrogen) atoms. The van der Waals surface area contributed by atoms with Crippen LogP contribution >= 0.6 is 23.4 Å².